The summed E-state index contributed by atoms with van der Waals surface area (Å²) in [5.41, 5.74) is 0. The van der Waals surface area contributed by atoms with E-state index in [0.717, 1.165) is 0 Å². The van der Waals surface area contributed by atoms with Crippen molar-refractivity contribution in [3.05, 3.63) is 0 Å². The molecule has 0 aliphatic heterocycles. The Morgan fingerprint density at radius 2 is 0.889 bits per heavy atom. The quantitative estimate of drug-likeness (QED) is 0.448. The maximum atomic E-state index is 9.24. The van der Waals surface area contributed by atoms with E-state index in [4.69, 9.17) is 0 Å². The molecule has 6 nitrogen and oxygen atoms in total. The summed E-state index contributed by atoms with van der Waals surface area (Å²) < 4.78 is 18.5. The monoisotopic (exact) mass is 248 g/mol. The summed E-state index contributed by atoms with van der Waals surface area (Å²) in [6.45, 7) is 0. The fourth-order valence-corrected chi connectivity index (χ4v) is 0. The van der Waals surface area contributed by atoms with Gasteiger partial charge in [-0.15, -0.1) is 0 Å². The molecule has 0 bridgehead atoms. The van der Waals surface area contributed by atoms with Gasteiger partial charge in [0, 0.05) is 0 Å². The Labute approximate surface area is 69.6 Å². The Morgan fingerprint density at radius 1 is 0.778 bits per heavy atom. The van der Waals surface area contributed by atoms with E-state index in [0.29, 0.717) is 0 Å². The Morgan fingerprint density at radius 3 is 0.889 bits per heavy atom. The minimum atomic E-state index is -5.91. The summed E-state index contributed by atoms with van der Waals surface area (Å²) in [6.07, 6.45) is 0. The molecule has 0 aromatic carbocycles. The van der Waals surface area contributed by atoms with Crippen molar-refractivity contribution in [1.29, 1.82) is 0 Å². The van der Waals surface area contributed by atoms with E-state index < -0.39 is 14.6 Å². The average molecular weight is 249 g/mol. The van der Waals surface area contributed by atoms with Crippen molar-refractivity contribution in [2.75, 3.05) is 0 Å². The molecule has 0 spiro atoms. The van der Waals surface area contributed by atoms with Crippen LogP contribution < -0.4 is 19.6 Å². The van der Waals surface area contributed by atoms with E-state index in [1.165, 1.54) is 0 Å². The van der Waals surface area contributed by atoms with Crippen LogP contribution in [0, 0.1) is 0 Å². The van der Waals surface area contributed by atoms with E-state index in [2.05, 4.69) is 0 Å². The van der Waals surface area contributed by atoms with Crippen LogP contribution in [-0.2, 0) is 35.3 Å². The first-order valence-corrected chi connectivity index (χ1v) is 5.09. The molecule has 0 saturated heterocycles. The number of rotatable bonds is 1. The van der Waals surface area contributed by atoms with Crippen molar-refractivity contribution in [3.63, 3.8) is 0 Å². The zero-order valence-electron chi connectivity index (χ0n) is 3.84. The molecule has 9 heteroatoms. The smallest absolute Gasteiger partial charge is 0.807 e. The van der Waals surface area contributed by atoms with Crippen LogP contribution in [0.4, 0.5) is 0 Å². The molecule has 50 valence electrons. The number of hydrogen-bond acceptors (Lipinski definition) is 6. The molecule has 0 aliphatic rings. The standard InChI is InChI=1S/H4O6P2.Zr/c1-7(2,3)8(4,5)6;/h(H2,1,2,3)(H2,4,5,6);/q;+4/p-4. The predicted molar refractivity (Wildman–Crippen MR) is 15.2 cm³/mol. The zero-order valence-corrected chi connectivity index (χ0v) is 8.09. The van der Waals surface area contributed by atoms with Crippen molar-refractivity contribution >= 4 is 14.6 Å². The molecule has 0 N–H and O–H groups in total. The minimum absolute atomic E-state index is 0. The Hall–Kier alpha value is 1.18. The minimum Gasteiger partial charge on any atom is -0.807 e. The van der Waals surface area contributed by atoms with Crippen LogP contribution in [0.5, 0.6) is 0 Å². The summed E-state index contributed by atoms with van der Waals surface area (Å²) >= 11 is 0. The van der Waals surface area contributed by atoms with Crippen LogP contribution in [0.25, 0.3) is 0 Å². The van der Waals surface area contributed by atoms with E-state index in [1.807, 2.05) is 0 Å². The number of hydrogen-bond donors (Lipinski definition) is 0. The van der Waals surface area contributed by atoms with Gasteiger partial charge >= 0.3 is 26.2 Å². The van der Waals surface area contributed by atoms with Crippen molar-refractivity contribution in [3.8, 4) is 0 Å². The molecule has 0 unspecified atom stereocenters. The molecular formula is O6P2Zr. The molecule has 0 radical (unpaired) electrons. The van der Waals surface area contributed by atoms with Gasteiger partial charge in [-0.3, -0.25) is 0 Å². The van der Waals surface area contributed by atoms with Crippen molar-refractivity contribution in [1.82, 2.24) is 0 Å². The van der Waals surface area contributed by atoms with Gasteiger partial charge in [0.05, 0.1) is 0 Å². The molecule has 0 rings (SSSR count). The zero-order chi connectivity index (χ0) is 7.00. The first kappa shape index (κ1) is 12.8. The van der Waals surface area contributed by atoms with Gasteiger partial charge in [-0.05, 0) is 14.6 Å². The van der Waals surface area contributed by atoms with Gasteiger partial charge in [0.2, 0.25) is 0 Å². The van der Waals surface area contributed by atoms with Crippen LogP contribution >= 0.6 is 14.6 Å². The molecule has 0 saturated carbocycles. The fraction of sp³-hybridized carbons (Fsp3) is 0. The van der Waals surface area contributed by atoms with Crippen molar-refractivity contribution in [2.24, 2.45) is 0 Å². The summed E-state index contributed by atoms with van der Waals surface area (Å²) in [5.74, 6) is 0. The largest absolute Gasteiger partial charge is 4.00 e. The molecule has 0 heterocycles. The van der Waals surface area contributed by atoms with Gasteiger partial charge in [0.15, 0.2) is 0 Å². The summed E-state index contributed by atoms with van der Waals surface area (Å²) in [7, 11) is -11.8. The van der Waals surface area contributed by atoms with Gasteiger partial charge in [-0.2, -0.15) is 0 Å². The molecule has 0 aromatic rings. The van der Waals surface area contributed by atoms with Gasteiger partial charge in [0.1, 0.15) is 0 Å². The molecule has 0 atom stereocenters. The molecule has 0 aliphatic carbocycles. The van der Waals surface area contributed by atoms with E-state index >= 15 is 0 Å². The van der Waals surface area contributed by atoms with Gasteiger partial charge in [-0.1, -0.05) is 0 Å². The summed E-state index contributed by atoms with van der Waals surface area (Å²) in [6, 6.07) is 0. The molecule has 0 aromatic heterocycles. The summed E-state index contributed by atoms with van der Waals surface area (Å²) in [4.78, 5) is 36.9. The van der Waals surface area contributed by atoms with Crippen LogP contribution in [0.1, 0.15) is 0 Å². The van der Waals surface area contributed by atoms with Crippen molar-refractivity contribution in [2.45, 2.75) is 0 Å². The van der Waals surface area contributed by atoms with Gasteiger partial charge in [-0.25, -0.2) is 0 Å². The average Bonchev–Trinajstić information content (AvgIpc) is 1.25. The van der Waals surface area contributed by atoms with Crippen LogP contribution in [0.15, 0.2) is 0 Å². The second-order valence-electron chi connectivity index (χ2n) is 0.937. The Bertz CT molecular complexity index is 140. The third-order valence-corrected chi connectivity index (χ3v) is 2.70. The maximum absolute atomic E-state index is 9.24. The SMILES string of the molecule is O=P([O-])([O-])P(=O)([O-])[O-].[Zr+4]. The van der Waals surface area contributed by atoms with Crippen LogP contribution in [0.2, 0.25) is 0 Å². The van der Waals surface area contributed by atoms with E-state index in [-0.39, 0.29) is 26.2 Å². The second-order valence-corrected chi connectivity index (χ2v) is 5.75. The normalized spacial score (nSPS) is 12.4. The molecular weight excluding hydrogens is 249 g/mol. The van der Waals surface area contributed by atoms with Crippen molar-refractivity contribution < 1.29 is 54.9 Å². The molecule has 0 fully saturated rings. The van der Waals surface area contributed by atoms with E-state index in [1.54, 1.807) is 0 Å². The predicted octanol–water partition coefficient (Wildman–Crippen LogP) is -3.27. The van der Waals surface area contributed by atoms with Crippen LogP contribution in [0.3, 0.4) is 0 Å². The third-order valence-electron chi connectivity index (χ3n) is 0.300. The molecule has 0 amide bonds. The Kier molecular flexibility index (Phi) is 5.04. The van der Waals surface area contributed by atoms with Gasteiger partial charge < -0.3 is 28.7 Å². The maximum Gasteiger partial charge on any atom is 4.00 e. The third kappa shape index (κ3) is 4.57. The first-order valence-electron chi connectivity index (χ1n) is 1.30. The van der Waals surface area contributed by atoms with E-state index in [9.17, 15) is 28.7 Å². The summed E-state index contributed by atoms with van der Waals surface area (Å²) in [5, 5.41) is 0. The fourth-order valence-electron chi connectivity index (χ4n) is 0. The first-order chi connectivity index (χ1) is 3.25. The molecule has 9 heavy (non-hydrogen) atoms. The van der Waals surface area contributed by atoms with Crippen LogP contribution in [-0.4, -0.2) is 0 Å². The topological polar surface area (TPSA) is 126 Å². The Balaban J connectivity index is 0. The second kappa shape index (κ2) is 3.54. The van der Waals surface area contributed by atoms with Gasteiger partial charge in [0.25, 0.3) is 0 Å².